The van der Waals surface area contributed by atoms with E-state index in [1.165, 1.54) is 0 Å². The molecule has 2 rings (SSSR count). The van der Waals surface area contributed by atoms with Crippen molar-refractivity contribution in [3.05, 3.63) is 34.5 Å². The average molecular weight is 464 g/mol. The van der Waals surface area contributed by atoms with Gasteiger partial charge in [0.25, 0.3) is 0 Å². The molecule has 0 bridgehead atoms. The first kappa shape index (κ1) is 20.8. The molecular weight excluding hydrogens is 439 g/mol. The van der Waals surface area contributed by atoms with Crippen LogP contribution in [0.4, 0.5) is 0 Å². The lowest BCUT2D eigenvalue weighted by Gasteiger charge is -2.24. The summed E-state index contributed by atoms with van der Waals surface area (Å²) in [7, 11) is 0. The van der Waals surface area contributed by atoms with Crippen LogP contribution in [0, 0.1) is 0 Å². The van der Waals surface area contributed by atoms with Gasteiger partial charge in [-0.2, -0.15) is 11.3 Å². The van der Waals surface area contributed by atoms with E-state index in [1.807, 2.05) is 35.2 Å². The molecule has 1 unspecified atom stereocenters. The predicted octanol–water partition coefficient (Wildman–Crippen LogP) is 1.94. The normalized spacial score (nSPS) is 13.9. The number of hydrogen-bond donors (Lipinski definition) is 3. The minimum Gasteiger partial charge on any atom is -0.384 e. The van der Waals surface area contributed by atoms with E-state index in [4.69, 9.17) is 0 Å². The molecule has 0 aliphatic heterocycles. The summed E-state index contributed by atoms with van der Waals surface area (Å²) in [6.07, 6.45) is 1.70. The zero-order chi connectivity index (χ0) is 16.7. The Kier molecular flexibility index (Phi) is 8.63. The third-order valence-electron chi connectivity index (χ3n) is 3.50. The minimum atomic E-state index is -0.945. The molecule has 9 heteroatoms. The van der Waals surface area contributed by atoms with Gasteiger partial charge in [-0.25, -0.2) is 4.99 Å². The maximum Gasteiger partial charge on any atom is 0.191 e. The van der Waals surface area contributed by atoms with E-state index < -0.39 is 5.60 Å². The molecule has 0 spiro atoms. The zero-order valence-electron chi connectivity index (χ0n) is 14.2. The van der Waals surface area contributed by atoms with Gasteiger partial charge >= 0.3 is 0 Å². The van der Waals surface area contributed by atoms with Crippen molar-refractivity contribution in [1.29, 1.82) is 0 Å². The van der Waals surface area contributed by atoms with Crippen LogP contribution >= 0.6 is 35.3 Å². The van der Waals surface area contributed by atoms with Crippen molar-refractivity contribution in [2.75, 3.05) is 13.1 Å². The minimum absolute atomic E-state index is 0. The molecule has 0 fully saturated rings. The van der Waals surface area contributed by atoms with Crippen LogP contribution < -0.4 is 10.6 Å². The molecule has 7 nitrogen and oxygen atoms in total. The molecular formula is C15H25IN6OS. The molecule has 0 aliphatic carbocycles. The molecule has 0 saturated carbocycles. The Labute approximate surface area is 163 Å². The number of guanidine groups is 1. The van der Waals surface area contributed by atoms with Crippen molar-refractivity contribution in [2.24, 2.45) is 4.99 Å². The first-order chi connectivity index (χ1) is 11.1. The second-order valence-electron chi connectivity index (χ2n) is 5.37. The van der Waals surface area contributed by atoms with Crippen molar-refractivity contribution in [3.63, 3.8) is 0 Å². The van der Waals surface area contributed by atoms with Gasteiger partial charge < -0.3 is 20.3 Å². The summed E-state index contributed by atoms with van der Waals surface area (Å²) in [6, 6.07) is 1.93. The largest absolute Gasteiger partial charge is 0.384 e. The summed E-state index contributed by atoms with van der Waals surface area (Å²) >= 11 is 1.57. The van der Waals surface area contributed by atoms with Crippen LogP contribution in [0.15, 0.2) is 28.1 Å². The lowest BCUT2D eigenvalue weighted by molar-refractivity contribution is 0.0621. The van der Waals surface area contributed by atoms with Crippen molar-refractivity contribution in [1.82, 2.24) is 25.4 Å². The Bertz CT molecular complexity index is 626. The molecule has 2 aromatic rings. The summed E-state index contributed by atoms with van der Waals surface area (Å²) in [4.78, 5) is 4.51. The van der Waals surface area contributed by atoms with Crippen LogP contribution in [-0.4, -0.2) is 38.9 Å². The van der Waals surface area contributed by atoms with E-state index in [1.54, 1.807) is 24.6 Å². The number of aromatic nitrogens is 3. The predicted molar refractivity (Wildman–Crippen MR) is 108 cm³/mol. The van der Waals surface area contributed by atoms with Crippen LogP contribution in [0.1, 0.15) is 32.2 Å². The fourth-order valence-corrected chi connectivity index (χ4v) is 2.87. The lowest BCUT2D eigenvalue weighted by atomic mass is 9.99. The monoisotopic (exact) mass is 464 g/mol. The molecule has 1 atom stereocenters. The number of nitrogens with one attached hydrogen (secondary N) is 2. The highest BCUT2D eigenvalue weighted by atomic mass is 127. The van der Waals surface area contributed by atoms with Crippen molar-refractivity contribution in [2.45, 2.75) is 39.5 Å². The number of nitrogens with zero attached hydrogens (tertiary/aromatic N) is 4. The Morgan fingerprint density at radius 3 is 2.83 bits per heavy atom. The number of aryl methyl sites for hydroxylation is 1. The summed E-state index contributed by atoms with van der Waals surface area (Å²) in [5.74, 6) is 1.46. The molecule has 3 N–H and O–H groups in total. The van der Waals surface area contributed by atoms with Crippen LogP contribution in [0.25, 0.3) is 0 Å². The molecule has 2 heterocycles. The fraction of sp³-hybridized carbons (Fsp3) is 0.533. The van der Waals surface area contributed by atoms with E-state index in [2.05, 4.69) is 25.8 Å². The SMILES string of the molecule is CCNC(=NCc1nncn1CC)NCC(C)(O)c1ccsc1.I. The molecule has 24 heavy (non-hydrogen) atoms. The van der Waals surface area contributed by atoms with Gasteiger partial charge in [-0.3, -0.25) is 0 Å². The lowest BCUT2D eigenvalue weighted by Crippen LogP contribution is -2.44. The quantitative estimate of drug-likeness (QED) is 0.331. The Balaban J connectivity index is 0.00000288. The molecule has 0 aromatic carbocycles. The maximum absolute atomic E-state index is 10.6. The Hall–Kier alpha value is -1.20. The summed E-state index contributed by atoms with van der Waals surface area (Å²) in [6.45, 7) is 8.20. The Morgan fingerprint density at radius 1 is 1.42 bits per heavy atom. The molecule has 0 aliphatic rings. The number of rotatable bonds is 7. The van der Waals surface area contributed by atoms with Gasteiger partial charge in [-0.15, -0.1) is 34.2 Å². The number of hydrogen-bond acceptors (Lipinski definition) is 5. The molecule has 0 amide bonds. The second-order valence-corrected chi connectivity index (χ2v) is 6.15. The van der Waals surface area contributed by atoms with E-state index >= 15 is 0 Å². The first-order valence-corrected chi connectivity index (χ1v) is 8.65. The highest BCUT2D eigenvalue weighted by Crippen LogP contribution is 2.21. The summed E-state index contributed by atoms with van der Waals surface area (Å²) < 4.78 is 1.95. The first-order valence-electron chi connectivity index (χ1n) is 7.70. The highest BCUT2D eigenvalue weighted by Gasteiger charge is 2.23. The van der Waals surface area contributed by atoms with Crippen LogP contribution in [0.3, 0.4) is 0 Å². The van der Waals surface area contributed by atoms with Gasteiger partial charge in [-0.05, 0) is 43.2 Å². The van der Waals surface area contributed by atoms with Gasteiger partial charge in [0.2, 0.25) is 0 Å². The third-order valence-corrected chi connectivity index (χ3v) is 4.19. The second kappa shape index (κ2) is 9.94. The fourth-order valence-electron chi connectivity index (χ4n) is 2.09. The van der Waals surface area contributed by atoms with E-state index in [9.17, 15) is 5.11 Å². The zero-order valence-corrected chi connectivity index (χ0v) is 17.3. The number of halogens is 1. The van der Waals surface area contributed by atoms with Gasteiger partial charge in [-0.1, -0.05) is 0 Å². The average Bonchev–Trinajstić information content (AvgIpc) is 3.20. The van der Waals surface area contributed by atoms with Crippen molar-refractivity contribution >= 4 is 41.3 Å². The van der Waals surface area contributed by atoms with E-state index in [0.29, 0.717) is 19.0 Å². The van der Waals surface area contributed by atoms with Crippen molar-refractivity contribution < 1.29 is 5.11 Å². The summed E-state index contributed by atoms with van der Waals surface area (Å²) in [5.41, 5.74) is -0.0452. The van der Waals surface area contributed by atoms with Crippen LogP contribution in [-0.2, 0) is 18.7 Å². The summed E-state index contributed by atoms with van der Waals surface area (Å²) in [5, 5.41) is 28.8. The Morgan fingerprint density at radius 2 is 2.21 bits per heavy atom. The standard InChI is InChI=1S/C15H24N6OS.HI/c1-4-16-14(17-8-13-20-19-11-21(13)5-2)18-10-15(3,22)12-6-7-23-9-12;/h6-7,9,11,22H,4-5,8,10H2,1-3H3,(H2,16,17,18);1H. The number of aliphatic imine (C=N–C) groups is 1. The van der Waals surface area contributed by atoms with Gasteiger partial charge in [0.1, 0.15) is 18.5 Å². The van der Waals surface area contributed by atoms with E-state index in [0.717, 1.165) is 24.5 Å². The topological polar surface area (TPSA) is 87.4 Å². The van der Waals surface area contributed by atoms with Crippen LogP contribution in [0.2, 0.25) is 0 Å². The van der Waals surface area contributed by atoms with Gasteiger partial charge in [0.15, 0.2) is 11.8 Å². The highest BCUT2D eigenvalue weighted by molar-refractivity contribution is 14.0. The molecule has 2 aromatic heterocycles. The number of thiophene rings is 1. The van der Waals surface area contributed by atoms with Crippen LogP contribution in [0.5, 0.6) is 0 Å². The molecule has 0 saturated heterocycles. The maximum atomic E-state index is 10.6. The number of aliphatic hydroxyl groups is 1. The van der Waals surface area contributed by atoms with E-state index in [-0.39, 0.29) is 24.0 Å². The molecule has 0 radical (unpaired) electrons. The third kappa shape index (κ3) is 5.71. The van der Waals surface area contributed by atoms with Gasteiger partial charge in [0.05, 0.1) is 6.54 Å². The molecule has 134 valence electrons. The van der Waals surface area contributed by atoms with Gasteiger partial charge in [0, 0.05) is 13.1 Å². The smallest absolute Gasteiger partial charge is 0.191 e. The van der Waals surface area contributed by atoms with Crippen molar-refractivity contribution in [3.8, 4) is 0 Å².